The number of anilines is 1. The molecule has 33 heavy (non-hydrogen) atoms. The monoisotopic (exact) mass is 460 g/mol. The normalized spacial score (nSPS) is 11.2. The van der Waals surface area contributed by atoms with Crippen molar-refractivity contribution in [3.63, 3.8) is 0 Å². The molecule has 0 N–H and O–H groups in total. The van der Waals surface area contributed by atoms with E-state index in [1.54, 1.807) is 22.8 Å². The van der Waals surface area contributed by atoms with Gasteiger partial charge in [-0.05, 0) is 36.6 Å². The molecular formula is C24H24N6O2S. The zero-order chi connectivity index (χ0) is 23.4. The van der Waals surface area contributed by atoms with Crippen molar-refractivity contribution in [2.75, 3.05) is 17.2 Å². The van der Waals surface area contributed by atoms with Crippen LogP contribution in [0.3, 0.4) is 0 Å². The van der Waals surface area contributed by atoms with Crippen LogP contribution in [0.5, 0.6) is 0 Å². The lowest BCUT2D eigenvalue weighted by atomic mass is 10.1. The van der Waals surface area contributed by atoms with E-state index in [0.717, 1.165) is 6.42 Å². The van der Waals surface area contributed by atoms with Crippen LogP contribution in [0, 0.1) is 17.2 Å². The minimum Gasteiger partial charge on any atom is -0.298 e. The first kappa shape index (κ1) is 22.6. The molecule has 0 aliphatic carbocycles. The van der Waals surface area contributed by atoms with Gasteiger partial charge < -0.3 is 0 Å². The molecule has 9 heteroatoms. The van der Waals surface area contributed by atoms with E-state index < -0.39 is 0 Å². The number of fused-ring (bicyclic) bond motifs is 3. The van der Waals surface area contributed by atoms with Crippen LogP contribution in [0.25, 0.3) is 16.7 Å². The highest BCUT2D eigenvalue weighted by Crippen LogP contribution is 2.23. The lowest BCUT2D eigenvalue weighted by Gasteiger charge is -2.19. The minimum atomic E-state index is -0.207. The molecule has 1 amide bonds. The highest BCUT2D eigenvalue weighted by molar-refractivity contribution is 7.99. The molecule has 2 heterocycles. The van der Waals surface area contributed by atoms with E-state index in [4.69, 9.17) is 0 Å². The van der Waals surface area contributed by atoms with Crippen molar-refractivity contribution in [2.45, 2.75) is 32.0 Å². The Morgan fingerprint density at radius 3 is 2.58 bits per heavy atom. The molecule has 2 aromatic heterocycles. The molecule has 0 bridgehead atoms. The standard InChI is InChI=1S/C24H24N6O2S/c1-17(2)12-14-29-22(32)19-10-6-7-11-20(19)30-23(29)26-27-24(30)33-16-21(31)28(15-13-25)18-8-4-3-5-9-18/h3-11,17H,12,14-16H2,1-2H3. The van der Waals surface area contributed by atoms with Gasteiger partial charge >= 0.3 is 0 Å². The van der Waals surface area contributed by atoms with Crippen molar-refractivity contribution in [1.29, 1.82) is 5.26 Å². The third kappa shape index (κ3) is 4.61. The lowest BCUT2D eigenvalue weighted by molar-refractivity contribution is -0.116. The van der Waals surface area contributed by atoms with Gasteiger partial charge in [-0.2, -0.15) is 5.26 Å². The number of hydrogen-bond donors (Lipinski definition) is 0. The smallest absolute Gasteiger partial charge is 0.262 e. The molecule has 0 radical (unpaired) electrons. The van der Waals surface area contributed by atoms with Gasteiger partial charge in [-0.25, -0.2) is 0 Å². The number of carbonyl (C=O) groups excluding carboxylic acids is 1. The number of para-hydroxylation sites is 2. The molecule has 2 aromatic carbocycles. The predicted octanol–water partition coefficient (Wildman–Crippen LogP) is 3.74. The summed E-state index contributed by atoms with van der Waals surface area (Å²) in [5.74, 6) is 0.770. The molecule has 0 unspecified atom stereocenters. The van der Waals surface area contributed by atoms with Gasteiger partial charge in [0.25, 0.3) is 5.56 Å². The van der Waals surface area contributed by atoms with Gasteiger partial charge in [0.15, 0.2) is 5.16 Å². The molecule has 0 aliphatic rings. The van der Waals surface area contributed by atoms with Crippen LogP contribution in [-0.2, 0) is 11.3 Å². The van der Waals surface area contributed by atoms with Crippen LogP contribution in [0.15, 0.2) is 64.5 Å². The Balaban J connectivity index is 1.69. The summed E-state index contributed by atoms with van der Waals surface area (Å²) < 4.78 is 3.50. The second-order valence-electron chi connectivity index (χ2n) is 8.04. The maximum absolute atomic E-state index is 13.1. The molecule has 0 saturated heterocycles. The van der Waals surface area contributed by atoms with Crippen molar-refractivity contribution in [3.05, 3.63) is 65.0 Å². The average Bonchev–Trinajstić information content (AvgIpc) is 3.25. The second kappa shape index (κ2) is 9.88. The zero-order valence-electron chi connectivity index (χ0n) is 18.5. The van der Waals surface area contributed by atoms with Gasteiger partial charge in [0.1, 0.15) is 6.54 Å². The van der Waals surface area contributed by atoms with Crippen molar-refractivity contribution in [1.82, 2.24) is 19.2 Å². The van der Waals surface area contributed by atoms with Crippen molar-refractivity contribution in [3.8, 4) is 6.07 Å². The summed E-state index contributed by atoms with van der Waals surface area (Å²) in [5.41, 5.74) is 1.28. The minimum absolute atomic E-state index is 0.0400. The van der Waals surface area contributed by atoms with Crippen LogP contribution >= 0.6 is 11.8 Å². The number of rotatable bonds is 8. The van der Waals surface area contributed by atoms with Crippen molar-refractivity contribution in [2.24, 2.45) is 5.92 Å². The van der Waals surface area contributed by atoms with Gasteiger partial charge in [0.2, 0.25) is 11.7 Å². The summed E-state index contributed by atoms with van der Waals surface area (Å²) in [6, 6.07) is 18.5. The maximum atomic E-state index is 13.1. The quantitative estimate of drug-likeness (QED) is 0.294. The number of aryl methyl sites for hydroxylation is 1. The maximum Gasteiger partial charge on any atom is 0.262 e. The summed E-state index contributed by atoms with van der Waals surface area (Å²) in [7, 11) is 0. The lowest BCUT2D eigenvalue weighted by Crippen LogP contribution is -2.32. The molecule has 4 aromatic rings. The predicted molar refractivity (Wildman–Crippen MR) is 129 cm³/mol. The van der Waals surface area contributed by atoms with E-state index in [9.17, 15) is 14.9 Å². The Morgan fingerprint density at radius 1 is 1.12 bits per heavy atom. The number of amides is 1. The summed E-state index contributed by atoms with van der Waals surface area (Å²) >= 11 is 1.24. The fraction of sp³-hybridized carbons (Fsp3) is 0.292. The third-order valence-corrected chi connectivity index (χ3v) is 6.24. The molecular weight excluding hydrogens is 436 g/mol. The van der Waals surface area contributed by atoms with E-state index in [-0.39, 0.29) is 23.8 Å². The number of nitrogens with zero attached hydrogens (tertiary/aromatic N) is 6. The van der Waals surface area contributed by atoms with Crippen molar-refractivity contribution >= 4 is 40.0 Å². The Kier molecular flexibility index (Phi) is 6.75. The first-order valence-electron chi connectivity index (χ1n) is 10.7. The second-order valence-corrected chi connectivity index (χ2v) is 8.98. The van der Waals surface area contributed by atoms with E-state index in [1.165, 1.54) is 16.7 Å². The number of nitriles is 1. The van der Waals surface area contributed by atoms with E-state index in [0.29, 0.717) is 40.0 Å². The summed E-state index contributed by atoms with van der Waals surface area (Å²) in [5, 5.41) is 18.9. The van der Waals surface area contributed by atoms with Gasteiger partial charge in [-0.1, -0.05) is 55.9 Å². The van der Waals surface area contributed by atoms with Crippen LogP contribution in [0.4, 0.5) is 5.69 Å². The Hall–Kier alpha value is -3.64. The summed E-state index contributed by atoms with van der Waals surface area (Å²) in [6.07, 6.45) is 0.835. The fourth-order valence-corrected chi connectivity index (χ4v) is 4.44. The van der Waals surface area contributed by atoms with Gasteiger partial charge in [0, 0.05) is 12.2 Å². The molecule has 0 spiro atoms. The van der Waals surface area contributed by atoms with Gasteiger partial charge in [-0.3, -0.25) is 23.5 Å². The van der Waals surface area contributed by atoms with E-state index >= 15 is 0 Å². The summed E-state index contributed by atoms with van der Waals surface area (Å²) in [6.45, 7) is 4.72. The first-order chi connectivity index (χ1) is 16.0. The zero-order valence-corrected chi connectivity index (χ0v) is 19.3. The molecule has 0 atom stereocenters. The number of benzene rings is 2. The fourth-order valence-electron chi connectivity index (χ4n) is 3.62. The topological polar surface area (TPSA) is 96.3 Å². The van der Waals surface area contributed by atoms with Gasteiger partial charge in [0.05, 0.1) is 22.7 Å². The third-order valence-electron chi connectivity index (χ3n) is 5.33. The number of carbonyl (C=O) groups is 1. The Bertz CT molecular complexity index is 1390. The highest BCUT2D eigenvalue weighted by atomic mass is 32.2. The van der Waals surface area contributed by atoms with E-state index in [2.05, 4.69) is 30.1 Å². The SMILES string of the molecule is CC(C)CCn1c(=O)c2ccccc2n2c(SCC(=O)N(CC#N)c3ccccc3)nnc12. The van der Waals surface area contributed by atoms with Crippen LogP contribution in [0.1, 0.15) is 20.3 Å². The van der Waals surface area contributed by atoms with Crippen LogP contribution in [0.2, 0.25) is 0 Å². The Morgan fingerprint density at radius 2 is 1.85 bits per heavy atom. The van der Waals surface area contributed by atoms with Crippen LogP contribution in [-0.4, -0.2) is 37.4 Å². The molecule has 0 saturated carbocycles. The summed E-state index contributed by atoms with van der Waals surface area (Å²) in [4.78, 5) is 27.6. The largest absolute Gasteiger partial charge is 0.298 e. The molecule has 8 nitrogen and oxygen atoms in total. The van der Waals surface area contributed by atoms with Crippen molar-refractivity contribution < 1.29 is 4.79 Å². The molecule has 4 rings (SSSR count). The van der Waals surface area contributed by atoms with E-state index in [1.807, 2.05) is 40.8 Å². The molecule has 0 fully saturated rings. The first-order valence-corrected chi connectivity index (χ1v) is 11.7. The van der Waals surface area contributed by atoms with Gasteiger partial charge in [-0.15, -0.1) is 10.2 Å². The highest BCUT2D eigenvalue weighted by Gasteiger charge is 2.20. The van der Waals surface area contributed by atoms with Crippen LogP contribution < -0.4 is 10.5 Å². The Labute approximate surface area is 195 Å². The number of aromatic nitrogens is 4. The molecule has 0 aliphatic heterocycles. The molecule has 168 valence electrons. The number of thioether (sulfide) groups is 1. The number of hydrogen-bond acceptors (Lipinski definition) is 6. The average molecular weight is 461 g/mol.